The zero-order valence-electron chi connectivity index (χ0n) is 11.8. The normalized spacial score (nSPS) is 10.9. The van der Waals surface area contributed by atoms with E-state index in [1.807, 2.05) is 13.0 Å². The molecule has 4 nitrogen and oxygen atoms in total. The van der Waals surface area contributed by atoms with Crippen LogP contribution in [0.25, 0.3) is 22.4 Å². The molecule has 0 aliphatic rings. The maximum absolute atomic E-state index is 6.03. The lowest BCUT2D eigenvalue weighted by Gasteiger charge is -2.06. The quantitative estimate of drug-likeness (QED) is 0.741. The summed E-state index contributed by atoms with van der Waals surface area (Å²) in [6, 6.07) is 8.27. The third-order valence-corrected chi connectivity index (χ3v) is 3.61. The van der Waals surface area contributed by atoms with Gasteiger partial charge in [-0.25, -0.2) is 0 Å². The first-order valence-electron chi connectivity index (χ1n) is 6.53. The van der Waals surface area contributed by atoms with Crippen LogP contribution in [0.5, 0.6) is 0 Å². The van der Waals surface area contributed by atoms with E-state index in [9.17, 15) is 0 Å². The van der Waals surface area contributed by atoms with E-state index in [2.05, 4.69) is 42.2 Å². The van der Waals surface area contributed by atoms with Gasteiger partial charge in [-0.2, -0.15) is 5.10 Å². The van der Waals surface area contributed by atoms with Crippen molar-refractivity contribution >= 4 is 5.82 Å². The fraction of sp³-hybridized carbons (Fsp3) is 0.188. The first kappa shape index (κ1) is 12.5. The Kier molecular flexibility index (Phi) is 2.86. The lowest BCUT2D eigenvalue weighted by Crippen LogP contribution is -1.90. The molecule has 0 aliphatic heterocycles. The highest BCUT2D eigenvalue weighted by Crippen LogP contribution is 2.36. The SMILES string of the molecule is Cc1cc(-c2[nH]nc(N)c2-c2ccc(C)c(C)c2)co1. The minimum atomic E-state index is 0.502. The van der Waals surface area contributed by atoms with E-state index in [1.165, 1.54) is 11.1 Å². The number of hydrogen-bond donors (Lipinski definition) is 2. The van der Waals surface area contributed by atoms with E-state index in [0.29, 0.717) is 5.82 Å². The second-order valence-corrected chi connectivity index (χ2v) is 5.10. The molecule has 1 aromatic carbocycles. The number of nitrogens with zero attached hydrogens (tertiary/aromatic N) is 1. The van der Waals surface area contributed by atoms with Crippen molar-refractivity contribution in [2.75, 3.05) is 5.73 Å². The number of nitrogens with one attached hydrogen (secondary N) is 1. The van der Waals surface area contributed by atoms with Crippen LogP contribution < -0.4 is 5.73 Å². The Bertz CT molecular complexity index is 768. The molecule has 4 heteroatoms. The van der Waals surface area contributed by atoms with Gasteiger partial charge in [0, 0.05) is 5.56 Å². The standard InChI is InChI=1S/C16H17N3O/c1-9-4-5-12(6-10(9)2)14-15(18-19-16(14)17)13-7-11(3)20-8-13/h4-8H,1-3H3,(H3,17,18,19). The highest BCUT2D eigenvalue weighted by molar-refractivity contribution is 5.87. The van der Waals surface area contributed by atoms with Crippen LogP contribution in [0.15, 0.2) is 34.9 Å². The fourth-order valence-corrected chi connectivity index (χ4v) is 2.33. The lowest BCUT2D eigenvalue weighted by molar-refractivity contribution is 0.535. The molecule has 0 saturated heterocycles. The van der Waals surface area contributed by atoms with Gasteiger partial charge in [0.1, 0.15) is 12.0 Å². The number of hydrogen-bond acceptors (Lipinski definition) is 3. The summed E-state index contributed by atoms with van der Waals surface area (Å²) >= 11 is 0. The molecule has 0 aliphatic carbocycles. The van der Waals surface area contributed by atoms with Gasteiger partial charge in [-0.1, -0.05) is 18.2 Å². The average molecular weight is 267 g/mol. The highest BCUT2D eigenvalue weighted by atomic mass is 16.3. The topological polar surface area (TPSA) is 67.8 Å². The van der Waals surface area contributed by atoms with E-state index in [1.54, 1.807) is 6.26 Å². The van der Waals surface area contributed by atoms with E-state index in [0.717, 1.165) is 28.1 Å². The largest absolute Gasteiger partial charge is 0.469 e. The molecule has 0 saturated carbocycles. The molecule has 3 N–H and O–H groups in total. The number of nitrogen functional groups attached to an aromatic ring is 1. The van der Waals surface area contributed by atoms with Gasteiger partial charge in [0.05, 0.1) is 11.3 Å². The van der Waals surface area contributed by atoms with Gasteiger partial charge in [0.25, 0.3) is 0 Å². The Hall–Kier alpha value is -2.49. The van der Waals surface area contributed by atoms with Crippen LogP contribution in [0.1, 0.15) is 16.9 Å². The van der Waals surface area contributed by atoms with Crippen LogP contribution in [-0.4, -0.2) is 10.2 Å². The average Bonchev–Trinajstić information content (AvgIpc) is 2.99. The Morgan fingerprint density at radius 2 is 1.85 bits per heavy atom. The third-order valence-electron chi connectivity index (χ3n) is 3.61. The smallest absolute Gasteiger partial charge is 0.153 e. The van der Waals surface area contributed by atoms with Gasteiger partial charge in [-0.05, 0) is 43.5 Å². The molecule has 0 atom stereocenters. The van der Waals surface area contributed by atoms with Crippen molar-refractivity contribution < 1.29 is 4.42 Å². The molecule has 0 bridgehead atoms. The van der Waals surface area contributed by atoms with E-state index < -0.39 is 0 Å². The summed E-state index contributed by atoms with van der Waals surface area (Å²) in [4.78, 5) is 0. The van der Waals surface area contributed by atoms with Crippen LogP contribution in [0.2, 0.25) is 0 Å². The minimum Gasteiger partial charge on any atom is -0.469 e. The van der Waals surface area contributed by atoms with Crippen molar-refractivity contribution in [2.24, 2.45) is 0 Å². The van der Waals surface area contributed by atoms with Crippen molar-refractivity contribution in [2.45, 2.75) is 20.8 Å². The van der Waals surface area contributed by atoms with Gasteiger partial charge in [0.2, 0.25) is 0 Å². The van der Waals surface area contributed by atoms with Crippen molar-refractivity contribution in [3.63, 3.8) is 0 Å². The number of benzene rings is 1. The van der Waals surface area contributed by atoms with Gasteiger partial charge >= 0.3 is 0 Å². The second kappa shape index (κ2) is 4.56. The predicted octanol–water partition coefficient (Wildman–Crippen LogP) is 3.84. The summed E-state index contributed by atoms with van der Waals surface area (Å²) in [6.45, 7) is 6.11. The molecule has 3 rings (SSSR count). The minimum absolute atomic E-state index is 0.502. The maximum atomic E-state index is 6.03. The number of H-pyrrole nitrogens is 1. The zero-order chi connectivity index (χ0) is 14.3. The van der Waals surface area contributed by atoms with Crippen LogP contribution in [0.3, 0.4) is 0 Å². The van der Waals surface area contributed by atoms with Crippen LogP contribution in [0.4, 0.5) is 5.82 Å². The predicted molar refractivity (Wildman–Crippen MR) is 80.3 cm³/mol. The molecule has 0 fully saturated rings. The molecule has 2 aromatic heterocycles. The molecule has 3 aromatic rings. The second-order valence-electron chi connectivity index (χ2n) is 5.10. The number of aromatic amines is 1. The van der Waals surface area contributed by atoms with Gasteiger partial charge in [-0.15, -0.1) is 0 Å². The molecular formula is C16H17N3O. The number of rotatable bonds is 2. The van der Waals surface area contributed by atoms with Crippen molar-refractivity contribution in [3.05, 3.63) is 47.4 Å². The fourth-order valence-electron chi connectivity index (χ4n) is 2.33. The molecule has 0 unspecified atom stereocenters. The number of aromatic nitrogens is 2. The van der Waals surface area contributed by atoms with E-state index in [4.69, 9.17) is 10.2 Å². The highest BCUT2D eigenvalue weighted by Gasteiger charge is 2.16. The van der Waals surface area contributed by atoms with Gasteiger partial charge in [-0.3, -0.25) is 5.10 Å². The van der Waals surface area contributed by atoms with Crippen LogP contribution in [0, 0.1) is 20.8 Å². The molecule has 0 spiro atoms. The van der Waals surface area contributed by atoms with Gasteiger partial charge in [0.15, 0.2) is 5.82 Å². The number of nitrogens with two attached hydrogens (primary N) is 1. The molecule has 102 valence electrons. The number of furan rings is 1. The Morgan fingerprint density at radius 3 is 2.50 bits per heavy atom. The summed E-state index contributed by atoms with van der Waals surface area (Å²) < 4.78 is 5.37. The Balaban J connectivity index is 2.18. The first-order chi connectivity index (χ1) is 9.56. The van der Waals surface area contributed by atoms with Gasteiger partial charge < -0.3 is 10.2 Å². The summed E-state index contributed by atoms with van der Waals surface area (Å²) in [5, 5.41) is 7.14. The van der Waals surface area contributed by atoms with Crippen molar-refractivity contribution in [1.29, 1.82) is 0 Å². The van der Waals surface area contributed by atoms with Crippen molar-refractivity contribution in [3.8, 4) is 22.4 Å². The lowest BCUT2D eigenvalue weighted by atomic mass is 9.98. The first-order valence-corrected chi connectivity index (χ1v) is 6.53. The Morgan fingerprint density at radius 1 is 1.05 bits per heavy atom. The summed E-state index contributed by atoms with van der Waals surface area (Å²) in [5.74, 6) is 1.36. The molecular weight excluding hydrogens is 250 g/mol. The van der Waals surface area contributed by atoms with E-state index in [-0.39, 0.29) is 0 Å². The molecule has 0 radical (unpaired) electrons. The molecule has 2 heterocycles. The van der Waals surface area contributed by atoms with Crippen LogP contribution >= 0.6 is 0 Å². The number of anilines is 1. The maximum Gasteiger partial charge on any atom is 0.153 e. The summed E-state index contributed by atoms with van der Waals surface area (Å²) in [6.07, 6.45) is 1.72. The molecule has 0 amide bonds. The Labute approximate surface area is 117 Å². The summed E-state index contributed by atoms with van der Waals surface area (Å²) in [7, 11) is 0. The monoisotopic (exact) mass is 267 g/mol. The molecule has 20 heavy (non-hydrogen) atoms. The zero-order valence-corrected chi connectivity index (χ0v) is 11.8. The van der Waals surface area contributed by atoms with Crippen molar-refractivity contribution in [1.82, 2.24) is 10.2 Å². The van der Waals surface area contributed by atoms with Crippen LogP contribution in [-0.2, 0) is 0 Å². The summed E-state index contributed by atoms with van der Waals surface area (Å²) in [5.41, 5.74) is 12.4. The van der Waals surface area contributed by atoms with E-state index >= 15 is 0 Å². The third kappa shape index (κ3) is 1.99. The number of aryl methyl sites for hydroxylation is 3.